The van der Waals surface area contributed by atoms with Crippen LogP contribution in [0.2, 0.25) is 5.02 Å². The third-order valence-electron chi connectivity index (χ3n) is 4.38. The second-order valence-electron chi connectivity index (χ2n) is 7.37. The van der Waals surface area contributed by atoms with Gasteiger partial charge >= 0.3 is 6.09 Å². The predicted molar refractivity (Wildman–Crippen MR) is 95.1 cm³/mol. The Hall–Kier alpha value is -1.26. The first-order valence-corrected chi connectivity index (χ1v) is 8.64. The van der Waals surface area contributed by atoms with Crippen molar-refractivity contribution in [2.45, 2.75) is 63.9 Å². The normalized spacial score (nSPS) is 17.6. The molecule has 0 aliphatic heterocycles. The van der Waals surface area contributed by atoms with Crippen LogP contribution in [0.4, 0.5) is 10.5 Å². The van der Waals surface area contributed by atoms with Crippen LogP contribution in [-0.4, -0.2) is 18.2 Å². The smallest absolute Gasteiger partial charge is 0.412 e. The highest BCUT2D eigenvalue weighted by Gasteiger charge is 2.34. The lowest BCUT2D eigenvalue weighted by Gasteiger charge is -2.37. The van der Waals surface area contributed by atoms with Gasteiger partial charge in [0.1, 0.15) is 5.60 Å². The number of carbonyl (C=O) groups excluding carboxylic acids is 1. The van der Waals surface area contributed by atoms with Crippen molar-refractivity contribution in [1.29, 1.82) is 0 Å². The van der Waals surface area contributed by atoms with Gasteiger partial charge in [0.15, 0.2) is 0 Å². The maximum atomic E-state index is 12.0. The summed E-state index contributed by atoms with van der Waals surface area (Å²) in [4.78, 5) is 12.0. The number of nitrogens with one attached hydrogen (secondary N) is 1. The van der Waals surface area contributed by atoms with Gasteiger partial charge in [-0.05, 0) is 57.4 Å². The average Bonchev–Trinajstić information content (AvgIpc) is 2.48. The number of rotatable bonds is 3. The molecule has 2 rings (SSSR count). The fraction of sp³-hybridized carbons (Fsp3) is 0.611. The van der Waals surface area contributed by atoms with Crippen molar-refractivity contribution >= 4 is 23.4 Å². The van der Waals surface area contributed by atoms with Crippen molar-refractivity contribution < 1.29 is 9.53 Å². The van der Waals surface area contributed by atoms with Gasteiger partial charge in [-0.3, -0.25) is 5.32 Å². The Bertz CT molecular complexity index is 561. The van der Waals surface area contributed by atoms with Gasteiger partial charge in [0.25, 0.3) is 0 Å². The van der Waals surface area contributed by atoms with E-state index in [4.69, 9.17) is 22.1 Å². The molecule has 0 heterocycles. The molecule has 128 valence electrons. The van der Waals surface area contributed by atoms with Crippen LogP contribution in [-0.2, 0) is 10.2 Å². The number of ether oxygens (including phenoxy) is 1. The Morgan fingerprint density at radius 3 is 2.52 bits per heavy atom. The number of anilines is 1. The third kappa shape index (κ3) is 4.61. The Morgan fingerprint density at radius 1 is 1.30 bits per heavy atom. The molecule has 0 bridgehead atoms. The van der Waals surface area contributed by atoms with Crippen molar-refractivity contribution in [3.63, 3.8) is 0 Å². The molecule has 1 aliphatic rings. The molecule has 3 N–H and O–H groups in total. The molecule has 0 saturated heterocycles. The molecule has 1 aromatic carbocycles. The molecule has 0 radical (unpaired) electrons. The first-order chi connectivity index (χ1) is 10.8. The fourth-order valence-electron chi connectivity index (χ4n) is 3.24. The molecule has 0 aromatic heterocycles. The van der Waals surface area contributed by atoms with E-state index in [9.17, 15) is 4.79 Å². The van der Waals surface area contributed by atoms with E-state index in [0.29, 0.717) is 17.3 Å². The molecule has 1 aromatic rings. The molecule has 4 nitrogen and oxygen atoms in total. The van der Waals surface area contributed by atoms with Gasteiger partial charge in [0.2, 0.25) is 0 Å². The first-order valence-electron chi connectivity index (χ1n) is 8.26. The molecule has 1 aliphatic carbocycles. The van der Waals surface area contributed by atoms with Crippen LogP contribution in [0, 0.1) is 0 Å². The van der Waals surface area contributed by atoms with Gasteiger partial charge in [-0.2, -0.15) is 0 Å². The molecule has 0 spiro atoms. The second-order valence-corrected chi connectivity index (χ2v) is 7.77. The largest absolute Gasteiger partial charge is 0.444 e. The molecule has 1 saturated carbocycles. The number of amides is 1. The molecule has 1 amide bonds. The van der Waals surface area contributed by atoms with Gasteiger partial charge in [-0.25, -0.2) is 4.79 Å². The van der Waals surface area contributed by atoms with Crippen LogP contribution in [0.25, 0.3) is 0 Å². The fourth-order valence-corrected chi connectivity index (χ4v) is 3.56. The van der Waals surface area contributed by atoms with Crippen LogP contribution in [0.3, 0.4) is 0 Å². The minimum atomic E-state index is -0.527. The zero-order chi connectivity index (χ0) is 17.1. The van der Waals surface area contributed by atoms with E-state index in [1.165, 1.54) is 6.42 Å². The number of halogens is 1. The summed E-state index contributed by atoms with van der Waals surface area (Å²) < 4.78 is 5.30. The zero-order valence-corrected chi connectivity index (χ0v) is 15.0. The second kappa shape index (κ2) is 7.10. The highest BCUT2D eigenvalue weighted by molar-refractivity contribution is 6.31. The Labute approximate surface area is 143 Å². The van der Waals surface area contributed by atoms with E-state index < -0.39 is 11.7 Å². The van der Waals surface area contributed by atoms with Crippen LogP contribution >= 0.6 is 11.6 Å². The van der Waals surface area contributed by atoms with Gasteiger partial charge in [-0.1, -0.05) is 30.9 Å². The Kier molecular flexibility index (Phi) is 5.58. The van der Waals surface area contributed by atoms with E-state index in [0.717, 1.165) is 31.2 Å². The number of carbonyl (C=O) groups is 1. The number of hydrogen-bond donors (Lipinski definition) is 2. The third-order valence-corrected chi connectivity index (χ3v) is 4.71. The monoisotopic (exact) mass is 338 g/mol. The molecule has 0 unspecified atom stereocenters. The summed E-state index contributed by atoms with van der Waals surface area (Å²) in [6.45, 7) is 6.09. The van der Waals surface area contributed by atoms with Crippen molar-refractivity contribution in [1.82, 2.24) is 0 Å². The summed E-state index contributed by atoms with van der Waals surface area (Å²) in [5.41, 5.74) is 7.22. The molecule has 5 heteroatoms. The SMILES string of the molecule is CC(C)(C)OC(=O)Nc1ccc(Cl)c(C2(CN)CCCCC2)c1. The van der Waals surface area contributed by atoms with Crippen LogP contribution in [0.5, 0.6) is 0 Å². The first kappa shape index (κ1) is 18.1. The van der Waals surface area contributed by atoms with Gasteiger partial charge in [0, 0.05) is 22.7 Å². The molecular formula is C18H27ClN2O2. The number of nitrogens with two attached hydrogens (primary N) is 1. The van der Waals surface area contributed by atoms with Crippen LogP contribution in [0.15, 0.2) is 18.2 Å². The quantitative estimate of drug-likeness (QED) is 0.828. The van der Waals surface area contributed by atoms with E-state index in [1.54, 1.807) is 6.07 Å². The van der Waals surface area contributed by atoms with Gasteiger partial charge in [0.05, 0.1) is 0 Å². The minimum absolute atomic E-state index is 0.0824. The number of hydrogen-bond acceptors (Lipinski definition) is 3. The molecule has 0 atom stereocenters. The van der Waals surface area contributed by atoms with Crippen LogP contribution < -0.4 is 11.1 Å². The van der Waals surface area contributed by atoms with E-state index in [1.807, 2.05) is 32.9 Å². The van der Waals surface area contributed by atoms with Gasteiger partial charge < -0.3 is 10.5 Å². The standard InChI is InChI=1S/C18H27ClN2O2/c1-17(2,3)23-16(22)21-13-7-8-15(19)14(11-13)18(12-20)9-5-4-6-10-18/h7-8,11H,4-6,9-10,12,20H2,1-3H3,(H,21,22). The summed E-state index contributed by atoms with van der Waals surface area (Å²) >= 11 is 6.44. The maximum Gasteiger partial charge on any atom is 0.412 e. The van der Waals surface area contributed by atoms with E-state index in [2.05, 4.69) is 5.32 Å². The Morgan fingerprint density at radius 2 is 1.96 bits per heavy atom. The van der Waals surface area contributed by atoms with Gasteiger partial charge in [-0.15, -0.1) is 0 Å². The van der Waals surface area contributed by atoms with E-state index >= 15 is 0 Å². The molecule has 1 fully saturated rings. The highest BCUT2D eigenvalue weighted by Crippen LogP contribution is 2.42. The topological polar surface area (TPSA) is 64.3 Å². The maximum absolute atomic E-state index is 12.0. The Balaban J connectivity index is 2.23. The summed E-state index contributed by atoms with van der Waals surface area (Å²) in [7, 11) is 0. The highest BCUT2D eigenvalue weighted by atomic mass is 35.5. The summed E-state index contributed by atoms with van der Waals surface area (Å²) in [6.07, 6.45) is 5.19. The summed E-state index contributed by atoms with van der Waals surface area (Å²) in [5, 5.41) is 3.50. The lowest BCUT2D eigenvalue weighted by atomic mass is 9.69. The van der Waals surface area contributed by atoms with Crippen molar-refractivity contribution in [3.05, 3.63) is 28.8 Å². The zero-order valence-electron chi connectivity index (χ0n) is 14.2. The molecular weight excluding hydrogens is 312 g/mol. The predicted octanol–water partition coefficient (Wildman–Crippen LogP) is 4.85. The average molecular weight is 339 g/mol. The van der Waals surface area contributed by atoms with Crippen molar-refractivity contribution in [3.8, 4) is 0 Å². The minimum Gasteiger partial charge on any atom is -0.444 e. The van der Waals surface area contributed by atoms with Crippen molar-refractivity contribution in [2.75, 3.05) is 11.9 Å². The lowest BCUT2D eigenvalue weighted by Crippen LogP contribution is -2.37. The number of benzene rings is 1. The summed E-state index contributed by atoms with van der Waals surface area (Å²) in [5.74, 6) is 0. The van der Waals surface area contributed by atoms with Crippen LogP contribution in [0.1, 0.15) is 58.4 Å². The summed E-state index contributed by atoms with van der Waals surface area (Å²) in [6, 6.07) is 5.57. The van der Waals surface area contributed by atoms with E-state index in [-0.39, 0.29) is 5.41 Å². The van der Waals surface area contributed by atoms with Crippen molar-refractivity contribution in [2.24, 2.45) is 5.73 Å². The lowest BCUT2D eigenvalue weighted by molar-refractivity contribution is 0.0636. The molecule has 23 heavy (non-hydrogen) atoms.